The summed E-state index contributed by atoms with van der Waals surface area (Å²) < 4.78 is 5.07. The van der Waals surface area contributed by atoms with Gasteiger partial charge >= 0.3 is 5.97 Å². The molecule has 0 saturated carbocycles. The Bertz CT molecular complexity index is 1020. The summed E-state index contributed by atoms with van der Waals surface area (Å²) >= 11 is 0. The molecule has 3 rings (SSSR count). The number of carboxylic acid groups (broad SMARTS) is 1. The Labute approximate surface area is 173 Å². The number of benzene rings is 1. The Balaban J connectivity index is 1.73. The van der Waals surface area contributed by atoms with E-state index in [-0.39, 0.29) is 18.1 Å². The molecule has 0 radical (unpaired) electrons. The first kappa shape index (κ1) is 21.2. The zero-order valence-corrected chi connectivity index (χ0v) is 16.8. The highest BCUT2D eigenvalue weighted by molar-refractivity contribution is 5.96. The van der Waals surface area contributed by atoms with Crippen LogP contribution in [0.2, 0.25) is 0 Å². The molecule has 0 fully saturated rings. The van der Waals surface area contributed by atoms with Crippen LogP contribution >= 0.6 is 0 Å². The lowest BCUT2D eigenvalue weighted by molar-refractivity contribution is -0.142. The van der Waals surface area contributed by atoms with Crippen LogP contribution in [0.1, 0.15) is 36.4 Å². The number of rotatable bonds is 9. The van der Waals surface area contributed by atoms with Crippen molar-refractivity contribution in [3.63, 3.8) is 0 Å². The maximum Gasteiger partial charge on any atom is 0.326 e. The summed E-state index contributed by atoms with van der Waals surface area (Å²) in [5, 5.41) is 15.8. The van der Waals surface area contributed by atoms with Crippen molar-refractivity contribution in [2.45, 2.75) is 38.8 Å². The first-order chi connectivity index (χ1) is 14.3. The molecule has 2 amide bonds. The molecule has 3 aromatic rings. The number of carbonyl (C=O) groups excluding carboxylic acids is 2. The normalized spacial score (nSPS) is 13.2. The SMILES string of the molecule is CC(C)C[C@H](NC(=O)c1ccco1)C(=O)N[C@@H](Cc1c[nH]c2ccccc12)C(=O)O. The molecule has 8 heteroatoms. The smallest absolute Gasteiger partial charge is 0.326 e. The lowest BCUT2D eigenvalue weighted by Crippen LogP contribution is -2.52. The minimum Gasteiger partial charge on any atom is -0.480 e. The molecule has 0 aliphatic heterocycles. The van der Waals surface area contributed by atoms with Crippen LogP contribution in [-0.4, -0.2) is 40.0 Å². The third-order valence-electron chi connectivity index (χ3n) is 4.79. The van der Waals surface area contributed by atoms with Gasteiger partial charge in [-0.1, -0.05) is 32.0 Å². The van der Waals surface area contributed by atoms with Crippen LogP contribution in [0, 0.1) is 5.92 Å². The molecule has 0 aliphatic rings. The van der Waals surface area contributed by atoms with Crippen LogP contribution in [0.4, 0.5) is 0 Å². The van der Waals surface area contributed by atoms with Gasteiger partial charge in [0.2, 0.25) is 5.91 Å². The summed E-state index contributed by atoms with van der Waals surface area (Å²) in [6.07, 6.45) is 3.59. The van der Waals surface area contributed by atoms with Gasteiger partial charge < -0.3 is 25.1 Å². The Morgan fingerprint density at radius 2 is 1.83 bits per heavy atom. The highest BCUT2D eigenvalue weighted by Crippen LogP contribution is 2.19. The van der Waals surface area contributed by atoms with Crippen LogP contribution in [0.3, 0.4) is 0 Å². The van der Waals surface area contributed by atoms with Crippen LogP contribution in [0.5, 0.6) is 0 Å². The van der Waals surface area contributed by atoms with E-state index in [0.29, 0.717) is 6.42 Å². The van der Waals surface area contributed by atoms with Gasteiger partial charge in [-0.05, 0) is 36.1 Å². The van der Waals surface area contributed by atoms with Gasteiger partial charge in [0, 0.05) is 23.5 Å². The fraction of sp³-hybridized carbons (Fsp3) is 0.318. The summed E-state index contributed by atoms with van der Waals surface area (Å²) in [5.41, 5.74) is 1.68. The monoisotopic (exact) mass is 411 g/mol. The van der Waals surface area contributed by atoms with E-state index >= 15 is 0 Å². The average Bonchev–Trinajstić information content (AvgIpc) is 3.37. The number of amides is 2. The van der Waals surface area contributed by atoms with Crippen molar-refractivity contribution in [1.82, 2.24) is 15.6 Å². The minimum absolute atomic E-state index is 0.0881. The Hall–Kier alpha value is -3.55. The number of hydrogen-bond donors (Lipinski definition) is 4. The van der Waals surface area contributed by atoms with Crippen molar-refractivity contribution in [3.8, 4) is 0 Å². The number of hydrogen-bond acceptors (Lipinski definition) is 4. The van der Waals surface area contributed by atoms with E-state index in [1.807, 2.05) is 38.1 Å². The molecule has 30 heavy (non-hydrogen) atoms. The number of furan rings is 1. The van der Waals surface area contributed by atoms with Gasteiger partial charge in [-0.2, -0.15) is 0 Å². The summed E-state index contributed by atoms with van der Waals surface area (Å²) in [6, 6.07) is 8.61. The lowest BCUT2D eigenvalue weighted by Gasteiger charge is -2.22. The molecule has 158 valence electrons. The quantitative estimate of drug-likeness (QED) is 0.431. The predicted octanol–water partition coefficient (Wildman–Crippen LogP) is 2.72. The van der Waals surface area contributed by atoms with Crippen LogP contribution in [0.25, 0.3) is 10.9 Å². The van der Waals surface area contributed by atoms with E-state index in [1.54, 1.807) is 12.3 Å². The number of nitrogens with one attached hydrogen (secondary N) is 3. The third kappa shape index (κ3) is 5.08. The minimum atomic E-state index is -1.14. The maximum atomic E-state index is 12.9. The van der Waals surface area contributed by atoms with Gasteiger partial charge in [0.25, 0.3) is 5.91 Å². The van der Waals surface area contributed by atoms with E-state index in [1.165, 1.54) is 12.3 Å². The highest BCUT2D eigenvalue weighted by atomic mass is 16.4. The van der Waals surface area contributed by atoms with Gasteiger partial charge in [0.1, 0.15) is 12.1 Å². The Morgan fingerprint density at radius 1 is 1.07 bits per heavy atom. The zero-order chi connectivity index (χ0) is 21.7. The molecule has 0 bridgehead atoms. The molecule has 0 unspecified atom stereocenters. The van der Waals surface area contributed by atoms with Crippen molar-refractivity contribution in [1.29, 1.82) is 0 Å². The van der Waals surface area contributed by atoms with E-state index < -0.39 is 29.9 Å². The number of aliphatic carboxylic acids is 1. The summed E-state index contributed by atoms with van der Waals surface area (Å²) in [4.78, 5) is 40.1. The lowest BCUT2D eigenvalue weighted by atomic mass is 10.0. The van der Waals surface area contributed by atoms with Gasteiger partial charge in [-0.3, -0.25) is 9.59 Å². The summed E-state index contributed by atoms with van der Waals surface area (Å²) in [6.45, 7) is 3.83. The third-order valence-corrected chi connectivity index (χ3v) is 4.79. The largest absolute Gasteiger partial charge is 0.480 e. The molecule has 0 aliphatic carbocycles. The van der Waals surface area contributed by atoms with Crippen molar-refractivity contribution >= 4 is 28.7 Å². The van der Waals surface area contributed by atoms with Gasteiger partial charge in [0.05, 0.1) is 6.26 Å². The second kappa shape index (κ2) is 9.30. The van der Waals surface area contributed by atoms with Crippen molar-refractivity contribution in [2.24, 2.45) is 5.92 Å². The predicted molar refractivity (Wildman–Crippen MR) is 111 cm³/mol. The molecule has 0 spiro atoms. The molecular formula is C22H25N3O5. The van der Waals surface area contributed by atoms with E-state index in [0.717, 1.165) is 16.5 Å². The molecule has 2 atom stereocenters. The molecule has 8 nitrogen and oxygen atoms in total. The molecule has 2 heterocycles. The first-order valence-electron chi connectivity index (χ1n) is 9.77. The molecule has 1 aromatic carbocycles. The van der Waals surface area contributed by atoms with Gasteiger partial charge in [0.15, 0.2) is 5.76 Å². The number of carboxylic acids is 1. The standard InChI is InChI=1S/C22H25N3O5/c1-13(2)10-17(24-21(27)19-8-5-9-30-19)20(26)25-18(22(28)29)11-14-12-23-16-7-4-3-6-15(14)16/h3-9,12-13,17-18,23H,10-11H2,1-2H3,(H,24,27)(H,25,26)(H,28,29)/t17-,18-/m0/s1. The second-order valence-electron chi connectivity index (χ2n) is 7.60. The summed E-state index contributed by atoms with van der Waals surface area (Å²) in [5.74, 6) is -2.02. The van der Waals surface area contributed by atoms with E-state index in [2.05, 4.69) is 15.6 Å². The van der Waals surface area contributed by atoms with E-state index in [9.17, 15) is 19.5 Å². The molecule has 4 N–H and O–H groups in total. The number of aromatic amines is 1. The maximum absolute atomic E-state index is 12.9. The van der Waals surface area contributed by atoms with Gasteiger partial charge in [-0.15, -0.1) is 0 Å². The van der Waals surface area contributed by atoms with Crippen molar-refractivity contribution in [2.75, 3.05) is 0 Å². The summed E-state index contributed by atoms with van der Waals surface area (Å²) in [7, 11) is 0. The van der Waals surface area contributed by atoms with Gasteiger partial charge in [-0.25, -0.2) is 4.79 Å². The zero-order valence-electron chi connectivity index (χ0n) is 16.8. The van der Waals surface area contributed by atoms with Crippen LogP contribution in [-0.2, 0) is 16.0 Å². The van der Waals surface area contributed by atoms with Crippen molar-refractivity contribution in [3.05, 3.63) is 60.2 Å². The Kier molecular flexibility index (Phi) is 6.56. The Morgan fingerprint density at radius 3 is 2.50 bits per heavy atom. The average molecular weight is 411 g/mol. The molecular weight excluding hydrogens is 386 g/mol. The number of para-hydroxylation sites is 1. The number of aromatic nitrogens is 1. The number of carbonyl (C=O) groups is 3. The molecule has 0 saturated heterocycles. The fourth-order valence-electron chi connectivity index (χ4n) is 3.33. The molecule has 2 aromatic heterocycles. The van der Waals surface area contributed by atoms with Crippen molar-refractivity contribution < 1.29 is 23.9 Å². The van der Waals surface area contributed by atoms with E-state index in [4.69, 9.17) is 4.42 Å². The first-order valence-corrected chi connectivity index (χ1v) is 9.77. The topological polar surface area (TPSA) is 124 Å². The highest BCUT2D eigenvalue weighted by Gasteiger charge is 2.28. The number of fused-ring (bicyclic) bond motifs is 1. The van der Waals surface area contributed by atoms with Crippen LogP contribution in [0.15, 0.2) is 53.3 Å². The van der Waals surface area contributed by atoms with Crippen LogP contribution < -0.4 is 10.6 Å². The second-order valence-corrected chi connectivity index (χ2v) is 7.60. The number of H-pyrrole nitrogens is 1. The fourth-order valence-corrected chi connectivity index (χ4v) is 3.33.